The molecule has 2 aromatic carbocycles. The Hall–Kier alpha value is -2.62. The van der Waals surface area contributed by atoms with Crippen LogP contribution in [0.4, 0.5) is 0 Å². The SMILES string of the molecule is O=C(CCNS(=O)(=O)c1ccc2c(c1)OCCCO2)N1CCCN(Cc2ccccc2)CC1. The van der Waals surface area contributed by atoms with Gasteiger partial charge in [-0.2, -0.15) is 0 Å². The third-order valence-corrected chi connectivity index (χ3v) is 7.31. The summed E-state index contributed by atoms with van der Waals surface area (Å²) in [6, 6.07) is 14.9. The lowest BCUT2D eigenvalue weighted by molar-refractivity contribution is -0.130. The van der Waals surface area contributed by atoms with Crippen molar-refractivity contribution in [3.05, 3.63) is 54.1 Å². The number of fused-ring (bicyclic) bond motifs is 1. The lowest BCUT2D eigenvalue weighted by Crippen LogP contribution is -2.37. The average molecular weight is 474 g/mol. The second-order valence-electron chi connectivity index (χ2n) is 8.30. The van der Waals surface area contributed by atoms with E-state index in [2.05, 4.69) is 21.8 Å². The first-order valence-electron chi connectivity index (χ1n) is 11.4. The van der Waals surface area contributed by atoms with Crippen LogP contribution in [-0.2, 0) is 21.4 Å². The predicted octanol–water partition coefficient (Wildman–Crippen LogP) is 2.25. The summed E-state index contributed by atoms with van der Waals surface area (Å²) in [5, 5.41) is 0. The Balaban J connectivity index is 1.26. The number of hydrogen-bond donors (Lipinski definition) is 1. The molecule has 0 radical (unpaired) electrons. The third-order valence-electron chi connectivity index (χ3n) is 5.85. The maximum atomic E-state index is 12.7. The zero-order chi connectivity index (χ0) is 23.1. The van der Waals surface area contributed by atoms with Crippen LogP contribution in [0.2, 0.25) is 0 Å². The molecular weight excluding hydrogens is 442 g/mol. The summed E-state index contributed by atoms with van der Waals surface area (Å²) in [5.74, 6) is 0.943. The molecule has 1 saturated heterocycles. The molecule has 4 rings (SSSR count). The molecule has 0 aliphatic carbocycles. The summed E-state index contributed by atoms with van der Waals surface area (Å²) in [6.45, 7) is 5.05. The molecule has 2 aliphatic rings. The number of rotatable bonds is 7. The molecule has 8 nitrogen and oxygen atoms in total. The molecule has 2 heterocycles. The third kappa shape index (κ3) is 6.46. The summed E-state index contributed by atoms with van der Waals surface area (Å²) >= 11 is 0. The van der Waals surface area contributed by atoms with Gasteiger partial charge in [-0.05, 0) is 24.1 Å². The van der Waals surface area contributed by atoms with Gasteiger partial charge in [0.1, 0.15) is 0 Å². The van der Waals surface area contributed by atoms with Gasteiger partial charge in [-0.15, -0.1) is 0 Å². The maximum Gasteiger partial charge on any atom is 0.240 e. The Morgan fingerprint density at radius 1 is 0.909 bits per heavy atom. The highest BCUT2D eigenvalue weighted by Gasteiger charge is 2.22. The monoisotopic (exact) mass is 473 g/mol. The summed E-state index contributed by atoms with van der Waals surface area (Å²) in [5.41, 5.74) is 1.27. The first-order chi connectivity index (χ1) is 16.0. The van der Waals surface area contributed by atoms with E-state index in [1.807, 2.05) is 23.1 Å². The van der Waals surface area contributed by atoms with Crippen LogP contribution in [0.1, 0.15) is 24.8 Å². The van der Waals surface area contributed by atoms with Gasteiger partial charge >= 0.3 is 0 Å². The molecule has 0 atom stereocenters. The summed E-state index contributed by atoms with van der Waals surface area (Å²) in [6.07, 6.45) is 1.78. The zero-order valence-corrected chi connectivity index (χ0v) is 19.6. The normalized spacial score (nSPS) is 17.3. The van der Waals surface area contributed by atoms with Crippen LogP contribution in [0.5, 0.6) is 11.5 Å². The number of amides is 1. The van der Waals surface area contributed by atoms with Crippen molar-refractivity contribution in [2.75, 3.05) is 45.9 Å². The van der Waals surface area contributed by atoms with Crippen molar-refractivity contribution in [1.29, 1.82) is 0 Å². The lowest BCUT2D eigenvalue weighted by Gasteiger charge is -2.22. The fourth-order valence-corrected chi connectivity index (χ4v) is 5.11. The highest BCUT2D eigenvalue weighted by atomic mass is 32.2. The Labute approximate surface area is 195 Å². The van der Waals surface area contributed by atoms with Gasteiger partial charge in [0, 0.05) is 58.2 Å². The second-order valence-corrected chi connectivity index (χ2v) is 10.1. The number of sulfonamides is 1. The van der Waals surface area contributed by atoms with Gasteiger partial charge in [0.25, 0.3) is 0 Å². The van der Waals surface area contributed by atoms with E-state index in [9.17, 15) is 13.2 Å². The number of carbonyl (C=O) groups is 1. The number of ether oxygens (including phenoxy) is 2. The molecule has 2 aromatic rings. The van der Waals surface area contributed by atoms with Crippen molar-refractivity contribution in [3.8, 4) is 11.5 Å². The van der Waals surface area contributed by atoms with E-state index < -0.39 is 10.0 Å². The van der Waals surface area contributed by atoms with Gasteiger partial charge in [0.15, 0.2) is 11.5 Å². The standard InChI is InChI=1S/C24H31N3O5S/c28-24(27-13-4-12-26(14-15-27)19-20-6-2-1-3-7-20)10-11-25-33(29,30)21-8-9-22-23(18-21)32-17-5-16-31-22/h1-3,6-9,18,25H,4-5,10-17,19H2. The van der Waals surface area contributed by atoms with Gasteiger partial charge in [0.2, 0.25) is 15.9 Å². The Morgan fingerprint density at radius 2 is 1.70 bits per heavy atom. The molecule has 0 unspecified atom stereocenters. The highest BCUT2D eigenvalue weighted by Crippen LogP contribution is 2.31. The first-order valence-corrected chi connectivity index (χ1v) is 12.9. The van der Waals surface area contributed by atoms with E-state index in [4.69, 9.17) is 9.47 Å². The molecule has 9 heteroatoms. The fourth-order valence-electron chi connectivity index (χ4n) is 4.06. The van der Waals surface area contributed by atoms with Crippen LogP contribution in [-0.4, -0.2) is 70.1 Å². The molecule has 33 heavy (non-hydrogen) atoms. The minimum Gasteiger partial charge on any atom is -0.490 e. The van der Waals surface area contributed by atoms with Crippen LogP contribution >= 0.6 is 0 Å². The number of hydrogen-bond acceptors (Lipinski definition) is 6. The molecule has 1 amide bonds. The molecule has 1 fully saturated rings. The highest BCUT2D eigenvalue weighted by molar-refractivity contribution is 7.89. The summed E-state index contributed by atoms with van der Waals surface area (Å²) < 4.78 is 39.1. The van der Waals surface area contributed by atoms with E-state index in [0.29, 0.717) is 37.8 Å². The Bertz CT molecular complexity index is 1050. The molecule has 0 spiro atoms. The van der Waals surface area contributed by atoms with Crippen LogP contribution in [0, 0.1) is 0 Å². The molecule has 0 saturated carbocycles. The molecule has 0 bridgehead atoms. The maximum absolute atomic E-state index is 12.7. The van der Waals surface area contributed by atoms with Crippen molar-refractivity contribution in [3.63, 3.8) is 0 Å². The van der Waals surface area contributed by atoms with E-state index >= 15 is 0 Å². The molecule has 0 aromatic heterocycles. The summed E-state index contributed by atoms with van der Waals surface area (Å²) in [7, 11) is -3.75. The quantitative estimate of drug-likeness (QED) is 0.664. The van der Waals surface area contributed by atoms with E-state index in [1.54, 1.807) is 6.07 Å². The molecule has 2 aliphatic heterocycles. The van der Waals surface area contributed by atoms with Crippen molar-refractivity contribution in [2.45, 2.75) is 30.7 Å². The van der Waals surface area contributed by atoms with Gasteiger partial charge in [-0.25, -0.2) is 13.1 Å². The van der Waals surface area contributed by atoms with Crippen molar-refractivity contribution >= 4 is 15.9 Å². The number of nitrogens with one attached hydrogen (secondary N) is 1. The van der Waals surface area contributed by atoms with E-state index in [1.165, 1.54) is 17.7 Å². The minimum absolute atomic E-state index is 0.0297. The van der Waals surface area contributed by atoms with Gasteiger partial charge in [-0.3, -0.25) is 9.69 Å². The van der Waals surface area contributed by atoms with Crippen LogP contribution in [0.15, 0.2) is 53.4 Å². The topological polar surface area (TPSA) is 88.2 Å². The van der Waals surface area contributed by atoms with Crippen LogP contribution in [0.25, 0.3) is 0 Å². The largest absolute Gasteiger partial charge is 0.490 e. The minimum atomic E-state index is -3.75. The first kappa shape index (κ1) is 23.5. The second kappa shape index (κ2) is 11.0. The van der Waals surface area contributed by atoms with Crippen LogP contribution < -0.4 is 14.2 Å². The molecule has 1 N–H and O–H groups in total. The number of benzene rings is 2. The van der Waals surface area contributed by atoms with Crippen LogP contribution in [0.3, 0.4) is 0 Å². The van der Waals surface area contributed by atoms with Gasteiger partial charge < -0.3 is 14.4 Å². The Kier molecular flexibility index (Phi) is 7.85. The number of carbonyl (C=O) groups excluding carboxylic acids is 1. The smallest absolute Gasteiger partial charge is 0.240 e. The lowest BCUT2D eigenvalue weighted by atomic mass is 10.2. The Morgan fingerprint density at radius 3 is 2.52 bits per heavy atom. The van der Waals surface area contributed by atoms with Crippen molar-refractivity contribution in [2.24, 2.45) is 0 Å². The van der Waals surface area contributed by atoms with Crippen molar-refractivity contribution in [1.82, 2.24) is 14.5 Å². The zero-order valence-electron chi connectivity index (χ0n) is 18.7. The van der Waals surface area contributed by atoms with Gasteiger partial charge in [-0.1, -0.05) is 30.3 Å². The predicted molar refractivity (Wildman–Crippen MR) is 125 cm³/mol. The average Bonchev–Trinajstić information content (AvgIpc) is 3.20. The molecular formula is C24H31N3O5S. The summed E-state index contributed by atoms with van der Waals surface area (Å²) in [4.78, 5) is 17.0. The van der Waals surface area contributed by atoms with E-state index in [0.717, 1.165) is 32.5 Å². The molecule has 178 valence electrons. The number of nitrogens with zero attached hydrogens (tertiary/aromatic N) is 2. The fraction of sp³-hybridized carbons (Fsp3) is 0.458. The van der Waals surface area contributed by atoms with Gasteiger partial charge in [0.05, 0.1) is 18.1 Å². The van der Waals surface area contributed by atoms with Crippen molar-refractivity contribution < 1.29 is 22.7 Å². The van der Waals surface area contributed by atoms with E-state index in [-0.39, 0.29) is 23.8 Å².